The number of benzene rings is 2. The highest BCUT2D eigenvalue weighted by Crippen LogP contribution is 2.29. The first kappa shape index (κ1) is 15.6. The van der Waals surface area contributed by atoms with Gasteiger partial charge in [0.2, 0.25) is 0 Å². The van der Waals surface area contributed by atoms with Gasteiger partial charge in [0.1, 0.15) is 5.75 Å². The number of carbonyl (C=O) groups excluding carboxylic acids is 2. The summed E-state index contributed by atoms with van der Waals surface area (Å²) in [5.74, 6) is 0.111. The lowest BCUT2D eigenvalue weighted by atomic mass is 10.1. The van der Waals surface area contributed by atoms with Gasteiger partial charge in [-0.15, -0.1) is 0 Å². The number of amides is 2. The molecule has 0 radical (unpaired) electrons. The maximum atomic E-state index is 12.4. The molecule has 23 heavy (non-hydrogen) atoms. The van der Waals surface area contributed by atoms with Gasteiger partial charge in [0.15, 0.2) is 6.61 Å². The van der Waals surface area contributed by atoms with Crippen LogP contribution in [0.4, 0.5) is 5.69 Å². The van der Waals surface area contributed by atoms with Crippen molar-refractivity contribution in [1.29, 1.82) is 0 Å². The van der Waals surface area contributed by atoms with Crippen molar-refractivity contribution in [3.05, 3.63) is 58.1 Å². The Kier molecular flexibility index (Phi) is 4.34. The molecule has 2 aromatic rings. The summed E-state index contributed by atoms with van der Waals surface area (Å²) in [6.07, 6.45) is 0. The Morgan fingerprint density at radius 3 is 2.87 bits per heavy atom. The zero-order chi connectivity index (χ0) is 16.4. The van der Waals surface area contributed by atoms with Gasteiger partial charge in [0.25, 0.3) is 11.8 Å². The van der Waals surface area contributed by atoms with Crippen LogP contribution in [-0.4, -0.2) is 18.4 Å². The molecule has 0 fully saturated rings. The van der Waals surface area contributed by atoms with Crippen LogP contribution in [-0.2, 0) is 4.79 Å². The molecular formula is C17H15BrN2O3. The Morgan fingerprint density at radius 2 is 2.09 bits per heavy atom. The minimum atomic E-state index is -0.198. The van der Waals surface area contributed by atoms with E-state index in [0.29, 0.717) is 17.0 Å². The molecule has 6 heteroatoms. The fourth-order valence-electron chi connectivity index (χ4n) is 2.40. The van der Waals surface area contributed by atoms with Gasteiger partial charge in [-0.3, -0.25) is 9.59 Å². The summed E-state index contributed by atoms with van der Waals surface area (Å²) < 4.78 is 6.28. The van der Waals surface area contributed by atoms with Gasteiger partial charge in [-0.1, -0.05) is 34.1 Å². The van der Waals surface area contributed by atoms with Gasteiger partial charge in [-0.2, -0.15) is 0 Å². The number of nitrogens with one attached hydrogen (secondary N) is 2. The summed E-state index contributed by atoms with van der Waals surface area (Å²) >= 11 is 3.49. The van der Waals surface area contributed by atoms with Crippen molar-refractivity contribution >= 4 is 33.4 Å². The van der Waals surface area contributed by atoms with Crippen molar-refractivity contribution in [2.45, 2.75) is 13.0 Å². The molecule has 0 aliphatic carbocycles. The second-order valence-corrected chi connectivity index (χ2v) is 6.12. The standard InChI is InChI=1S/C17H15BrN2O3/c1-10(12-4-2-3-5-13(12)18)19-17(22)11-6-7-14-15(8-11)23-9-16(21)20-14/h2-8,10H,9H2,1H3,(H,19,22)(H,20,21)/t10-/m0/s1. The van der Waals surface area contributed by atoms with E-state index >= 15 is 0 Å². The predicted molar refractivity (Wildman–Crippen MR) is 90.6 cm³/mol. The van der Waals surface area contributed by atoms with Gasteiger partial charge >= 0.3 is 0 Å². The molecule has 3 rings (SSSR count). The normalized spacial score (nSPS) is 14.3. The van der Waals surface area contributed by atoms with E-state index < -0.39 is 0 Å². The highest BCUT2D eigenvalue weighted by Gasteiger charge is 2.19. The molecule has 0 saturated heterocycles. The van der Waals surface area contributed by atoms with E-state index in [1.165, 1.54) is 0 Å². The summed E-state index contributed by atoms with van der Waals surface area (Å²) in [5, 5.41) is 5.66. The fraction of sp³-hybridized carbons (Fsp3) is 0.176. The molecule has 1 atom stereocenters. The second kappa shape index (κ2) is 6.42. The lowest BCUT2D eigenvalue weighted by molar-refractivity contribution is -0.118. The topological polar surface area (TPSA) is 67.4 Å². The Balaban J connectivity index is 1.76. The van der Waals surface area contributed by atoms with Gasteiger partial charge < -0.3 is 15.4 Å². The lowest BCUT2D eigenvalue weighted by Crippen LogP contribution is -2.28. The van der Waals surface area contributed by atoms with Crippen LogP contribution in [0.1, 0.15) is 28.9 Å². The third-order valence-electron chi connectivity index (χ3n) is 3.60. The number of ether oxygens (including phenoxy) is 1. The highest BCUT2D eigenvalue weighted by molar-refractivity contribution is 9.10. The number of rotatable bonds is 3. The maximum absolute atomic E-state index is 12.4. The van der Waals surface area contributed by atoms with Crippen molar-refractivity contribution < 1.29 is 14.3 Å². The summed E-state index contributed by atoms with van der Waals surface area (Å²) in [7, 11) is 0. The van der Waals surface area contributed by atoms with E-state index in [9.17, 15) is 9.59 Å². The Morgan fingerprint density at radius 1 is 1.30 bits per heavy atom. The second-order valence-electron chi connectivity index (χ2n) is 5.26. The number of anilines is 1. The van der Waals surface area contributed by atoms with Crippen molar-refractivity contribution in [3.63, 3.8) is 0 Å². The molecule has 2 aromatic carbocycles. The van der Waals surface area contributed by atoms with Crippen molar-refractivity contribution in [2.75, 3.05) is 11.9 Å². The molecule has 1 heterocycles. The fourth-order valence-corrected chi connectivity index (χ4v) is 3.03. The van der Waals surface area contributed by atoms with E-state index in [4.69, 9.17) is 4.74 Å². The Hall–Kier alpha value is -2.34. The predicted octanol–water partition coefficient (Wildman–Crippen LogP) is 3.27. The van der Waals surface area contributed by atoms with Crippen LogP contribution in [0, 0.1) is 0 Å². The van der Waals surface area contributed by atoms with Gasteiger partial charge in [0, 0.05) is 10.0 Å². The number of fused-ring (bicyclic) bond motifs is 1. The van der Waals surface area contributed by atoms with Crippen LogP contribution in [0.25, 0.3) is 0 Å². The smallest absolute Gasteiger partial charge is 0.262 e. The SMILES string of the molecule is C[C@H](NC(=O)c1ccc2c(c1)OCC(=O)N2)c1ccccc1Br. The van der Waals surface area contributed by atoms with E-state index in [1.54, 1.807) is 18.2 Å². The summed E-state index contributed by atoms with van der Waals surface area (Å²) in [5.41, 5.74) is 2.07. The lowest BCUT2D eigenvalue weighted by Gasteiger charge is -2.19. The summed E-state index contributed by atoms with van der Waals surface area (Å²) in [4.78, 5) is 23.7. The van der Waals surface area contributed by atoms with Crippen LogP contribution >= 0.6 is 15.9 Å². The average Bonchev–Trinajstić information content (AvgIpc) is 2.54. The van der Waals surface area contributed by atoms with Crippen molar-refractivity contribution in [2.24, 2.45) is 0 Å². The Labute approximate surface area is 142 Å². The molecule has 0 bridgehead atoms. The van der Waals surface area contributed by atoms with Crippen molar-refractivity contribution in [3.8, 4) is 5.75 Å². The van der Waals surface area contributed by atoms with Crippen LogP contribution in [0.5, 0.6) is 5.75 Å². The maximum Gasteiger partial charge on any atom is 0.262 e. The minimum absolute atomic E-state index is 0.0363. The molecule has 1 aliphatic heterocycles. The molecule has 5 nitrogen and oxygen atoms in total. The van der Waals surface area contributed by atoms with Crippen LogP contribution in [0.2, 0.25) is 0 Å². The van der Waals surface area contributed by atoms with Crippen molar-refractivity contribution in [1.82, 2.24) is 5.32 Å². The third-order valence-corrected chi connectivity index (χ3v) is 4.32. The zero-order valence-electron chi connectivity index (χ0n) is 12.4. The van der Waals surface area contributed by atoms with Crippen LogP contribution in [0.3, 0.4) is 0 Å². The number of hydrogen-bond donors (Lipinski definition) is 2. The first-order valence-corrected chi connectivity index (χ1v) is 7.96. The monoisotopic (exact) mass is 374 g/mol. The number of halogens is 1. The molecule has 0 aromatic heterocycles. The molecular weight excluding hydrogens is 360 g/mol. The molecule has 2 N–H and O–H groups in total. The minimum Gasteiger partial charge on any atom is -0.482 e. The first-order chi connectivity index (χ1) is 11.0. The van der Waals surface area contributed by atoms with E-state index in [-0.39, 0.29) is 24.5 Å². The van der Waals surface area contributed by atoms with E-state index in [0.717, 1.165) is 10.0 Å². The molecule has 1 aliphatic rings. The molecule has 2 amide bonds. The number of hydrogen-bond acceptors (Lipinski definition) is 3. The number of carbonyl (C=O) groups is 2. The largest absolute Gasteiger partial charge is 0.482 e. The van der Waals surface area contributed by atoms with Crippen LogP contribution < -0.4 is 15.4 Å². The molecule has 0 spiro atoms. The van der Waals surface area contributed by atoms with E-state index in [1.807, 2.05) is 31.2 Å². The summed E-state index contributed by atoms with van der Waals surface area (Å²) in [6, 6.07) is 12.6. The quantitative estimate of drug-likeness (QED) is 0.866. The average molecular weight is 375 g/mol. The highest BCUT2D eigenvalue weighted by atomic mass is 79.9. The third kappa shape index (κ3) is 3.37. The first-order valence-electron chi connectivity index (χ1n) is 7.16. The van der Waals surface area contributed by atoms with Gasteiger partial charge in [-0.05, 0) is 36.8 Å². The molecule has 0 unspecified atom stereocenters. The molecule has 0 saturated carbocycles. The zero-order valence-corrected chi connectivity index (χ0v) is 14.0. The Bertz CT molecular complexity index is 776. The molecule has 118 valence electrons. The summed E-state index contributed by atoms with van der Waals surface area (Å²) in [6.45, 7) is 1.89. The van der Waals surface area contributed by atoms with Crippen LogP contribution in [0.15, 0.2) is 46.9 Å². The van der Waals surface area contributed by atoms with E-state index in [2.05, 4.69) is 26.6 Å². The van der Waals surface area contributed by atoms with Gasteiger partial charge in [-0.25, -0.2) is 0 Å². The van der Waals surface area contributed by atoms with Gasteiger partial charge in [0.05, 0.1) is 11.7 Å².